The highest BCUT2D eigenvalue weighted by Crippen LogP contribution is 2.36. The Morgan fingerprint density at radius 3 is 2.41 bits per heavy atom. The van der Waals surface area contributed by atoms with Crippen LogP contribution in [0.3, 0.4) is 0 Å². The fraction of sp³-hybridized carbons (Fsp3) is 0.300. The van der Waals surface area contributed by atoms with Crippen molar-refractivity contribution in [1.29, 1.82) is 0 Å². The summed E-state index contributed by atoms with van der Waals surface area (Å²) in [7, 11) is 0. The van der Waals surface area contributed by atoms with Gasteiger partial charge in [0.1, 0.15) is 5.75 Å². The maximum absolute atomic E-state index is 10.9. The second kappa shape index (κ2) is 7.35. The lowest BCUT2D eigenvalue weighted by Gasteiger charge is -2.10. The van der Waals surface area contributed by atoms with Crippen LogP contribution in [0.1, 0.15) is 12.8 Å². The van der Waals surface area contributed by atoms with E-state index < -0.39 is 0 Å². The molecule has 0 aliphatic carbocycles. The zero-order valence-electron chi connectivity index (χ0n) is 8.80. The predicted molar refractivity (Wildman–Crippen MR) is 76.6 cm³/mol. The van der Waals surface area contributed by atoms with E-state index in [9.17, 15) is 4.79 Å². The van der Waals surface area contributed by atoms with Gasteiger partial charge in [-0.05, 0) is 50.4 Å². The zero-order valence-corrected chi connectivity index (χ0v) is 13.6. The average molecular weight is 431 g/mol. The van der Waals surface area contributed by atoms with Gasteiger partial charge in [0, 0.05) is 10.9 Å². The number of rotatable bonds is 5. The van der Waals surface area contributed by atoms with Crippen LogP contribution < -0.4 is 16.0 Å². The molecule has 1 rings (SSSR count). The van der Waals surface area contributed by atoms with Gasteiger partial charge in [-0.15, -0.1) is 0 Å². The van der Waals surface area contributed by atoms with Crippen molar-refractivity contribution in [1.82, 2.24) is 5.43 Å². The molecule has 1 amide bonds. The summed E-state index contributed by atoms with van der Waals surface area (Å²) in [5.41, 5.74) is 2.07. The number of hydrogen-bond donors (Lipinski definition) is 2. The van der Waals surface area contributed by atoms with Crippen LogP contribution in [0.15, 0.2) is 25.6 Å². The molecule has 3 N–H and O–H groups in total. The lowest BCUT2D eigenvalue weighted by molar-refractivity contribution is -0.121. The summed E-state index contributed by atoms with van der Waals surface area (Å²) < 4.78 is 8.23. The highest BCUT2D eigenvalue weighted by atomic mass is 79.9. The molecule has 94 valence electrons. The molecule has 0 heterocycles. The molecule has 4 nitrogen and oxygen atoms in total. The predicted octanol–water partition coefficient (Wildman–Crippen LogP) is 3.12. The first-order valence-corrected chi connectivity index (χ1v) is 7.19. The first kappa shape index (κ1) is 14.9. The summed E-state index contributed by atoms with van der Waals surface area (Å²) in [5.74, 6) is 5.50. The summed E-state index contributed by atoms with van der Waals surface area (Å²) in [4.78, 5) is 10.9. The molecule has 0 aromatic heterocycles. The number of halogens is 3. The topological polar surface area (TPSA) is 64.3 Å². The summed E-state index contributed by atoms with van der Waals surface area (Å²) in [6.45, 7) is 0.451. The number of hydrogen-bond acceptors (Lipinski definition) is 3. The summed E-state index contributed by atoms with van der Waals surface area (Å²) in [6, 6.07) is 3.79. The number of amides is 1. The van der Waals surface area contributed by atoms with Crippen LogP contribution in [-0.2, 0) is 4.79 Å². The molecule has 0 radical (unpaired) electrons. The Kier molecular flexibility index (Phi) is 6.47. The van der Waals surface area contributed by atoms with Crippen molar-refractivity contribution >= 4 is 53.7 Å². The molecule has 1 aromatic rings. The first-order chi connectivity index (χ1) is 8.04. The summed E-state index contributed by atoms with van der Waals surface area (Å²) in [6.07, 6.45) is 0.959. The molecule has 0 saturated carbocycles. The monoisotopic (exact) mass is 428 g/mol. The van der Waals surface area contributed by atoms with Crippen LogP contribution in [0, 0.1) is 0 Å². The van der Waals surface area contributed by atoms with Gasteiger partial charge in [-0.25, -0.2) is 5.84 Å². The number of carbonyl (C=O) groups excluding carboxylic acids is 1. The Morgan fingerprint density at radius 2 is 1.88 bits per heavy atom. The minimum Gasteiger partial charge on any atom is -0.491 e. The lowest BCUT2D eigenvalue weighted by Crippen LogP contribution is -2.29. The highest BCUT2D eigenvalue weighted by Gasteiger charge is 2.08. The van der Waals surface area contributed by atoms with Crippen LogP contribution in [0.4, 0.5) is 0 Å². The van der Waals surface area contributed by atoms with E-state index in [-0.39, 0.29) is 5.91 Å². The molecule has 0 atom stereocenters. The van der Waals surface area contributed by atoms with Gasteiger partial charge < -0.3 is 4.74 Å². The van der Waals surface area contributed by atoms with Gasteiger partial charge in [0.2, 0.25) is 5.91 Å². The number of nitrogens with one attached hydrogen (secondary N) is 1. The number of nitrogens with two attached hydrogens (primary N) is 1. The minimum atomic E-state index is -0.192. The molecular weight excluding hydrogens is 420 g/mol. The Bertz CT molecular complexity index is 390. The van der Waals surface area contributed by atoms with Gasteiger partial charge in [-0.1, -0.05) is 15.9 Å². The van der Waals surface area contributed by atoms with E-state index in [4.69, 9.17) is 10.6 Å². The van der Waals surface area contributed by atoms with E-state index in [2.05, 4.69) is 53.2 Å². The van der Waals surface area contributed by atoms with E-state index in [1.165, 1.54) is 0 Å². The SMILES string of the molecule is NNC(=O)CCCOc1c(Br)cc(Br)cc1Br. The van der Waals surface area contributed by atoms with Gasteiger partial charge in [-0.2, -0.15) is 0 Å². The molecular formula is C10H11Br3N2O2. The quantitative estimate of drug-likeness (QED) is 0.326. The van der Waals surface area contributed by atoms with Crippen LogP contribution in [0.25, 0.3) is 0 Å². The van der Waals surface area contributed by atoms with Crippen LogP contribution in [-0.4, -0.2) is 12.5 Å². The van der Waals surface area contributed by atoms with Crippen molar-refractivity contribution in [2.75, 3.05) is 6.61 Å². The van der Waals surface area contributed by atoms with E-state index in [1.54, 1.807) is 0 Å². The van der Waals surface area contributed by atoms with E-state index in [0.29, 0.717) is 19.4 Å². The highest BCUT2D eigenvalue weighted by molar-refractivity contribution is 9.11. The van der Waals surface area contributed by atoms with Gasteiger partial charge in [0.25, 0.3) is 0 Å². The van der Waals surface area contributed by atoms with Gasteiger partial charge in [-0.3, -0.25) is 10.2 Å². The van der Waals surface area contributed by atoms with Gasteiger partial charge in [0.05, 0.1) is 15.6 Å². The molecule has 1 aromatic carbocycles. The Labute approximate surface area is 125 Å². The molecule has 0 spiro atoms. The third-order valence-electron chi connectivity index (χ3n) is 1.92. The zero-order chi connectivity index (χ0) is 12.8. The fourth-order valence-electron chi connectivity index (χ4n) is 1.15. The van der Waals surface area contributed by atoms with Crippen molar-refractivity contribution in [2.45, 2.75) is 12.8 Å². The maximum Gasteiger partial charge on any atom is 0.234 e. The van der Waals surface area contributed by atoms with Crippen molar-refractivity contribution in [3.05, 3.63) is 25.6 Å². The largest absolute Gasteiger partial charge is 0.491 e. The van der Waals surface area contributed by atoms with E-state index in [1.807, 2.05) is 12.1 Å². The molecule has 0 aliphatic heterocycles. The molecule has 0 saturated heterocycles. The number of benzene rings is 1. The maximum atomic E-state index is 10.9. The Balaban J connectivity index is 2.50. The minimum absolute atomic E-state index is 0.192. The normalized spacial score (nSPS) is 10.1. The second-order valence-electron chi connectivity index (χ2n) is 3.22. The molecule has 0 unspecified atom stereocenters. The lowest BCUT2D eigenvalue weighted by atomic mass is 10.3. The van der Waals surface area contributed by atoms with E-state index in [0.717, 1.165) is 19.2 Å². The molecule has 7 heteroatoms. The molecule has 0 fully saturated rings. The van der Waals surface area contributed by atoms with Crippen LogP contribution in [0.2, 0.25) is 0 Å². The second-order valence-corrected chi connectivity index (χ2v) is 5.84. The summed E-state index contributed by atoms with van der Waals surface area (Å²) >= 11 is 10.2. The Hall–Kier alpha value is -0.110. The third-order valence-corrected chi connectivity index (χ3v) is 3.55. The average Bonchev–Trinajstić information content (AvgIpc) is 2.26. The molecule has 17 heavy (non-hydrogen) atoms. The molecule has 0 bridgehead atoms. The van der Waals surface area contributed by atoms with Gasteiger partial charge in [0.15, 0.2) is 0 Å². The van der Waals surface area contributed by atoms with Crippen molar-refractivity contribution in [3.63, 3.8) is 0 Å². The summed E-state index contributed by atoms with van der Waals surface area (Å²) in [5, 5.41) is 0. The van der Waals surface area contributed by atoms with Gasteiger partial charge >= 0.3 is 0 Å². The smallest absolute Gasteiger partial charge is 0.234 e. The van der Waals surface area contributed by atoms with Crippen molar-refractivity contribution in [3.8, 4) is 5.75 Å². The van der Waals surface area contributed by atoms with Crippen LogP contribution in [0.5, 0.6) is 5.75 Å². The fourth-order valence-corrected chi connectivity index (χ4v) is 3.63. The Morgan fingerprint density at radius 1 is 1.29 bits per heavy atom. The van der Waals surface area contributed by atoms with Crippen LogP contribution >= 0.6 is 47.8 Å². The number of carbonyl (C=O) groups is 1. The van der Waals surface area contributed by atoms with E-state index >= 15 is 0 Å². The standard InChI is InChI=1S/C10H11Br3N2O2/c11-6-4-7(12)10(8(13)5-6)17-3-1-2-9(16)15-14/h4-5H,1-3,14H2,(H,15,16). The third kappa shape index (κ3) is 4.95. The van der Waals surface area contributed by atoms with Crippen molar-refractivity contribution in [2.24, 2.45) is 5.84 Å². The first-order valence-electron chi connectivity index (χ1n) is 4.81. The van der Waals surface area contributed by atoms with Crippen molar-refractivity contribution < 1.29 is 9.53 Å². The number of ether oxygens (including phenoxy) is 1. The molecule has 0 aliphatic rings. The number of hydrazine groups is 1.